The molecule has 2 heteroatoms. The van der Waals surface area contributed by atoms with Crippen molar-refractivity contribution in [1.29, 1.82) is 0 Å². The van der Waals surface area contributed by atoms with Crippen LogP contribution in [-0.4, -0.2) is 24.3 Å². The Balaban J connectivity index is 1.44. The smallest absolute Gasteiger partial charge is 0.0431 e. The second-order valence-corrected chi connectivity index (χ2v) is 8.09. The summed E-state index contributed by atoms with van der Waals surface area (Å²) in [5, 5.41) is 12.6. The summed E-state index contributed by atoms with van der Waals surface area (Å²) in [7, 11) is 0. The molecule has 4 rings (SSSR count). The molecule has 4 saturated carbocycles. The molecule has 116 valence electrons. The van der Waals surface area contributed by atoms with Crippen LogP contribution in [-0.2, 0) is 0 Å². The van der Waals surface area contributed by atoms with Gasteiger partial charge in [0.1, 0.15) is 0 Å². The Morgan fingerprint density at radius 1 is 0.950 bits per heavy atom. The molecule has 0 amide bonds. The van der Waals surface area contributed by atoms with Gasteiger partial charge < -0.3 is 10.4 Å². The average Bonchev–Trinajstić information content (AvgIpc) is 2.41. The number of rotatable bonds is 8. The molecule has 0 aromatic rings. The Morgan fingerprint density at radius 3 is 2.05 bits per heavy atom. The molecule has 0 radical (unpaired) electrons. The second-order valence-electron chi connectivity index (χ2n) is 8.09. The van der Waals surface area contributed by atoms with Gasteiger partial charge in [0.25, 0.3) is 0 Å². The van der Waals surface area contributed by atoms with Gasteiger partial charge in [0.2, 0.25) is 0 Å². The van der Waals surface area contributed by atoms with Crippen LogP contribution in [0, 0.1) is 23.2 Å². The first-order chi connectivity index (χ1) is 9.72. The molecule has 4 bridgehead atoms. The summed E-state index contributed by atoms with van der Waals surface area (Å²) in [6.45, 7) is 3.99. The van der Waals surface area contributed by atoms with Gasteiger partial charge in [-0.05, 0) is 88.0 Å². The summed E-state index contributed by atoms with van der Waals surface area (Å²) in [5.41, 5.74) is 0.653. The number of hydrogen-bond acceptors (Lipinski definition) is 2. The van der Waals surface area contributed by atoms with E-state index in [2.05, 4.69) is 12.2 Å². The number of unbranched alkanes of at least 4 members (excludes halogenated alkanes) is 3. The summed E-state index contributed by atoms with van der Waals surface area (Å²) in [5.74, 6) is 3.19. The van der Waals surface area contributed by atoms with Gasteiger partial charge in [0.15, 0.2) is 0 Å². The average molecular weight is 279 g/mol. The summed E-state index contributed by atoms with van der Waals surface area (Å²) in [6.07, 6.45) is 13.9. The van der Waals surface area contributed by atoms with Gasteiger partial charge in [-0.3, -0.25) is 0 Å². The van der Waals surface area contributed by atoms with Gasteiger partial charge in [-0.25, -0.2) is 0 Å². The van der Waals surface area contributed by atoms with Crippen LogP contribution in [0.5, 0.6) is 0 Å². The first-order valence-electron chi connectivity index (χ1n) is 9.06. The summed E-state index contributed by atoms with van der Waals surface area (Å²) in [4.78, 5) is 0. The summed E-state index contributed by atoms with van der Waals surface area (Å²) in [6, 6.07) is 0.716. The molecule has 0 heterocycles. The lowest BCUT2D eigenvalue weighted by Crippen LogP contribution is -2.54. The van der Waals surface area contributed by atoms with E-state index in [1.54, 1.807) is 19.3 Å². The maximum Gasteiger partial charge on any atom is 0.0431 e. The normalized spacial score (nSPS) is 40.2. The van der Waals surface area contributed by atoms with Crippen LogP contribution in [0.2, 0.25) is 0 Å². The SMILES string of the molecule is CC(NCCCCCCO)C12CC3CC(CC(C3)C1)C2. The Hall–Kier alpha value is -0.0800. The van der Waals surface area contributed by atoms with Gasteiger partial charge in [-0.2, -0.15) is 0 Å². The zero-order valence-electron chi connectivity index (χ0n) is 13.2. The van der Waals surface area contributed by atoms with E-state index in [0.717, 1.165) is 24.2 Å². The van der Waals surface area contributed by atoms with Crippen LogP contribution in [0.3, 0.4) is 0 Å². The molecule has 1 unspecified atom stereocenters. The van der Waals surface area contributed by atoms with Crippen molar-refractivity contribution >= 4 is 0 Å². The fourth-order valence-electron chi connectivity index (χ4n) is 5.83. The lowest BCUT2D eigenvalue weighted by molar-refractivity contribution is -0.0703. The first-order valence-corrected chi connectivity index (χ1v) is 9.06. The molecule has 1 atom stereocenters. The number of hydrogen-bond donors (Lipinski definition) is 2. The molecule has 4 aliphatic carbocycles. The molecule has 0 aromatic heterocycles. The maximum atomic E-state index is 8.79. The molecule has 2 nitrogen and oxygen atoms in total. The van der Waals surface area contributed by atoms with Crippen molar-refractivity contribution < 1.29 is 5.11 Å². The van der Waals surface area contributed by atoms with Crippen LogP contribution < -0.4 is 5.32 Å². The fraction of sp³-hybridized carbons (Fsp3) is 1.00. The minimum Gasteiger partial charge on any atom is -0.396 e. The topological polar surface area (TPSA) is 32.3 Å². The van der Waals surface area contributed by atoms with E-state index in [4.69, 9.17) is 5.11 Å². The Labute approximate surface area is 124 Å². The van der Waals surface area contributed by atoms with Gasteiger partial charge >= 0.3 is 0 Å². The summed E-state index contributed by atoms with van der Waals surface area (Å²) < 4.78 is 0. The molecule has 4 aliphatic rings. The Bertz CT molecular complexity index is 279. The molecule has 2 N–H and O–H groups in total. The highest BCUT2D eigenvalue weighted by molar-refractivity contribution is 5.05. The van der Waals surface area contributed by atoms with E-state index < -0.39 is 0 Å². The van der Waals surface area contributed by atoms with Crippen molar-refractivity contribution in [3.8, 4) is 0 Å². The maximum absolute atomic E-state index is 8.79. The third-order valence-electron chi connectivity index (χ3n) is 6.54. The minimum absolute atomic E-state index is 0.358. The molecule has 0 aromatic carbocycles. The van der Waals surface area contributed by atoms with Crippen LogP contribution >= 0.6 is 0 Å². The fourth-order valence-corrected chi connectivity index (χ4v) is 5.83. The number of aliphatic hydroxyl groups excluding tert-OH is 1. The van der Waals surface area contributed by atoms with E-state index in [1.165, 1.54) is 45.1 Å². The number of nitrogens with one attached hydrogen (secondary N) is 1. The summed E-state index contributed by atoms with van der Waals surface area (Å²) >= 11 is 0. The molecule has 20 heavy (non-hydrogen) atoms. The highest BCUT2D eigenvalue weighted by Gasteiger charge is 2.52. The van der Waals surface area contributed by atoms with Gasteiger partial charge in [0, 0.05) is 12.6 Å². The third kappa shape index (κ3) is 3.06. The van der Waals surface area contributed by atoms with Crippen molar-refractivity contribution in [3.05, 3.63) is 0 Å². The molecule has 4 fully saturated rings. The molecular formula is C18H33NO. The quantitative estimate of drug-likeness (QED) is 0.664. The van der Waals surface area contributed by atoms with Crippen LogP contribution in [0.15, 0.2) is 0 Å². The predicted octanol–water partition coefficient (Wildman–Crippen LogP) is 3.73. The van der Waals surface area contributed by atoms with E-state index in [1.807, 2.05) is 0 Å². The Kier molecular flexibility index (Phi) is 4.72. The van der Waals surface area contributed by atoms with Gasteiger partial charge in [-0.15, -0.1) is 0 Å². The zero-order valence-corrected chi connectivity index (χ0v) is 13.2. The molecule has 0 saturated heterocycles. The lowest BCUT2D eigenvalue weighted by Gasteiger charge is -2.59. The predicted molar refractivity (Wildman–Crippen MR) is 83.6 cm³/mol. The van der Waals surface area contributed by atoms with Crippen LogP contribution in [0.1, 0.15) is 71.1 Å². The third-order valence-corrected chi connectivity index (χ3v) is 6.54. The van der Waals surface area contributed by atoms with Gasteiger partial charge in [0.05, 0.1) is 0 Å². The monoisotopic (exact) mass is 279 g/mol. The standard InChI is InChI=1S/C18H33NO/c1-14(19-6-4-2-3-5-7-20)18-11-15-8-16(12-18)10-17(9-15)13-18/h14-17,19-20H,2-13H2,1H3. The lowest BCUT2D eigenvalue weighted by atomic mass is 9.48. The zero-order chi connectivity index (χ0) is 14.0. The van der Waals surface area contributed by atoms with Crippen molar-refractivity contribution in [2.45, 2.75) is 77.2 Å². The van der Waals surface area contributed by atoms with E-state index >= 15 is 0 Å². The van der Waals surface area contributed by atoms with Crippen LogP contribution in [0.4, 0.5) is 0 Å². The largest absolute Gasteiger partial charge is 0.396 e. The highest BCUT2D eigenvalue weighted by atomic mass is 16.2. The Morgan fingerprint density at radius 2 is 1.50 bits per heavy atom. The molecular weight excluding hydrogens is 246 g/mol. The van der Waals surface area contributed by atoms with E-state index in [-0.39, 0.29) is 0 Å². The van der Waals surface area contributed by atoms with Crippen molar-refractivity contribution in [2.24, 2.45) is 23.2 Å². The van der Waals surface area contributed by atoms with Crippen molar-refractivity contribution in [3.63, 3.8) is 0 Å². The first kappa shape index (κ1) is 14.8. The number of aliphatic hydroxyl groups is 1. The highest BCUT2D eigenvalue weighted by Crippen LogP contribution is 2.61. The van der Waals surface area contributed by atoms with Crippen LogP contribution in [0.25, 0.3) is 0 Å². The minimum atomic E-state index is 0.358. The van der Waals surface area contributed by atoms with Crippen molar-refractivity contribution in [1.82, 2.24) is 5.32 Å². The van der Waals surface area contributed by atoms with Gasteiger partial charge in [-0.1, -0.05) is 12.8 Å². The molecule has 0 aliphatic heterocycles. The molecule has 0 spiro atoms. The van der Waals surface area contributed by atoms with Crippen molar-refractivity contribution in [2.75, 3.05) is 13.2 Å². The van der Waals surface area contributed by atoms with E-state index in [9.17, 15) is 0 Å². The second kappa shape index (κ2) is 6.36. The van der Waals surface area contributed by atoms with E-state index in [0.29, 0.717) is 18.1 Å².